The van der Waals surface area contributed by atoms with Crippen LogP contribution < -0.4 is 9.47 Å². The minimum absolute atomic E-state index is 0.167. The van der Waals surface area contributed by atoms with Crippen LogP contribution in [0.5, 0.6) is 11.5 Å². The monoisotopic (exact) mass is 304 g/mol. The fourth-order valence-corrected chi connectivity index (χ4v) is 2.47. The molecule has 0 saturated carbocycles. The highest BCUT2D eigenvalue weighted by Gasteiger charge is 2.18. The zero-order chi connectivity index (χ0) is 15.2. The molecule has 1 heterocycles. The van der Waals surface area contributed by atoms with Gasteiger partial charge >= 0.3 is 0 Å². The van der Waals surface area contributed by atoms with Gasteiger partial charge in [-0.3, -0.25) is 9.59 Å². The number of benzene rings is 1. The zero-order valence-electron chi connectivity index (χ0n) is 11.8. The number of allylic oxidation sites excluding steroid dienone is 3. The molecule has 0 aliphatic carbocycles. The predicted molar refractivity (Wildman–Crippen MR) is 83.2 cm³/mol. The molecule has 5 heteroatoms. The van der Waals surface area contributed by atoms with Gasteiger partial charge < -0.3 is 9.47 Å². The van der Waals surface area contributed by atoms with E-state index in [1.165, 1.54) is 17.8 Å². The number of carbonyl (C=O) groups excluding carboxylic acids is 2. The van der Waals surface area contributed by atoms with E-state index in [9.17, 15) is 9.59 Å². The maximum Gasteiger partial charge on any atom is 0.176 e. The van der Waals surface area contributed by atoms with Crippen molar-refractivity contribution in [1.29, 1.82) is 0 Å². The van der Waals surface area contributed by atoms with E-state index in [-0.39, 0.29) is 18.0 Å². The van der Waals surface area contributed by atoms with Crippen molar-refractivity contribution < 1.29 is 19.1 Å². The van der Waals surface area contributed by atoms with Crippen molar-refractivity contribution >= 4 is 23.3 Å². The van der Waals surface area contributed by atoms with E-state index in [0.29, 0.717) is 35.2 Å². The summed E-state index contributed by atoms with van der Waals surface area (Å²) < 4.78 is 10.8. The van der Waals surface area contributed by atoms with Crippen LogP contribution >= 0.6 is 11.8 Å². The number of fused-ring (bicyclic) bond motifs is 1. The summed E-state index contributed by atoms with van der Waals surface area (Å²) in [4.78, 5) is 24.7. The molecular formula is C16H16O4S. The lowest BCUT2D eigenvalue weighted by molar-refractivity contribution is -0.114. The van der Waals surface area contributed by atoms with Crippen molar-refractivity contribution in [3.05, 3.63) is 47.4 Å². The zero-order valence-corrected chi connectivity index (χ0v) is 12.6. The number of hydrogen-bond donors (Lipinski definition) is 0. The normalized spacial score (nSPS) is 13.7. The summed E-state index contributed by atoms with van der Waals surface area (Å²) >= 11 is 1.31. The molecule has 4 nitrogen and oxygen atoms in total. The summed E-state index contributed by atoms with van der Waals surface area (Å²) in [6, 6.07) is 4.97. The summed E-state index contributed by atoms with van der Waals surface area (Å²) in [6.07, 6.45) is 4.78. The fraction of sp³-hybridized carbons (Fsp3) is 0.250. The number of hydrogen-bond acceptors (Lipinski definition) is 5. The van der Waals surface area contributed by atoms with Gasteiger partial charge in [-0.25, -0.2) is 0 Å². The van der Waals surface area contributed by atoms with E-state index >= 15 is 0 Å². The number of rotatable bonds is 6. The molecule has 1 aliphatic rings. The highest BCUT2D eigenvalue weighted by Crippen LogP contribution is 2.31. The molecule has 1 aromatic rings. The van der Waals surface area contributed by atoms with Crippen LogP contribution in [0.3, 0.4) is 0 Å². The molecular weight excluding hydrogens is 288 g/mol. The molecule has 0 unspecified atom stereocenters. The number of ether oxygens (including phenoxy) is 2. The molecule has 0 saturated heterocycles. The van der Waals surface area contributed by atoms with E-state index in [4.69, 9.17) is 9.47 Å². The van der Waals surface area contributed by atoms with Crippen LogP contribution in [0.1, 0.15) is 16.8 Å². The van der Waals surface area contributed by atoms with Crippen molar-refractivity contribution in [2.24, 2.45) is 0 Å². The number of Topliss-reactive ketones (excluding diaryl/α,β-unsaturated/α-hetero) is 2. The molecule has 2 rings (SSSR count). The van der Waals surface area contributed by atoms with Gasteiger partial charge in [-0.2, -0.15) is 0 Å². The topological polar surface area (TPSA) is 52.6 Å². The van der Waals surface area contributed by atoms with Crippen molar-refractivity contribution in [3.8, 4) is 11.5 Å². The number of carbonyl (C=O) groups is 2. The summed E-state index contributed by atoms with van der Waals surface area (Å²) in [5, 5.41) is 0. The Bertz CT molecular complexity index is 604. The molecule has 0 bridgehead atoms. The van der Waals surface area contributed by atoms with Gasteiger partial charge in [0.2, 0.25) is 0 Å². The molecule has 1 aliphatic heterocycles. The van der Waals surface area contributed by atoms with Gasteiger partial charge in [0.25, 0.3) is 0 Å². The lowest BCUT2D eigenvalue weighted by atomic mass is 10.0. The summed E-state index contributed by atoms with van der Waals surface area (Å²) in [5.74, 6) is 0.732. The van der Waals surface area contributed by atoms with Crippen LogP contribution in [0.4, 0.5) is 0 Å². The number of thioether (sulfide) groups is 1. The first kappa shape index (κ1) is 15.4. The van der Waals surface area contributed by atoms with Crippen LogP contribution in [0.25, 0.3) is 0 Å². The third-order valence-electron chi connectivity index (χ3n) is 2.95. The Kier molecular flexibility index (Phi) is 5.22. The van der Waals surface area contributed by atoms with Crippen molar-refractivity contribution in [2.45, 2.75) is 6.42 Å². The average molecular weight is 304 g/mol. The Morgan fingerprint density at radius 3 is 2.67 bits per heavy atom. The second-order valence-electron chi connectivity index (χ2n) is 4.35. The lowest BCUT2D eigenvalue weighted by Gasteiger charge is -2.18. The Balaban J connectivity index is 2.12. The Morgan fingerprint density at radius 2 is 2.00 bits per heavy atom. The second-order valence-corrected chi connectivity index (χ2v) is 5.20. The van der Waals surface area contributed by atoms with Gasteiger partial charge in [0.1, 0.15) is 13.2 Å². The summed E-state index contributed by atoms with van der Waals surface area (Å²) in [5.41, 5.74) is 0.451. The van der Waals surface area contributed by atoms with Gasteiger partial charge in [-0.05, 0) is 30.5 Å². The van der Waals surface area contributed by atoms with Crippen LogP contribution in [0.2, 0.25) is 0 Å². The quantitative estimate of drug-likeness (QED) is 0.350. The lowest BCUT2D eigenvalue weighted by Crippen LogP contribution is -2.16. The first-order chi connectivity index (χ1) is 10.2. The third-order valence-corrected chi connectivity index (χ3v) is 3.75. The van der Waals surface area contributed by atoms with Gasteiger partial charge in [0, 0.05) is 5.56 Å². The minimum Gasteiger partial charge on any atom is -0.486 e. The van der Waals surface area contributed by atoms with Crippen LogP contribution in [0.15, 0.2) is 41.8 Å². The fourth-order valence-electron chi connectivity index (χ4n) is 1.93. The Labute approximate surface area is 127 Å². The standard InChI is InChI=1S/C16H16O4S/c1-3-4-16(21-2)13(18)10-12(17)11-5-6-14-15(9-11)20-8-7-19-14/h3-6,9H,1,7-8,10H2,2H3/b16-4-. The van der Waals surface area contributed by atoms with Crippen molar-refractivity contribution in [1.82, 2.24) is 0 Å². The van der Waals surface area contributed by atoms with Crippen molar-refractivity contribution in [2.75, 3.05) is 19.5 Å². The maximum absolute atomic E-state index is 12.2. The van der Waals surface area contributed by atoms with E-state index in [1.54, 1.807) is 30.5 Å². The molecule has 1 aromatic carbocycles. The molecule has 0 atom stereocenters. The van der Waals surface area contributed by atoms with Crippen molar-refractivity contribution in [3.63, 3.8) is 0 Å². The molecule has 110 valence electrons. The first-order valence-corrected chi connectivity index (χ1v) is 7.71. The Morgan fingerprint density at radius 1 is 1.29 bits per heavy atom. The molecule has 0 N–H and O–H groups in total. The molecule has 0 amide bonds. The molecule has 0 radical (unpaired) electrons. The molecule has 0 fully saturated rings. The smallest absolute Gasteiger partial charge is 0.176 e. The van der Waals surface area contributed by atoms with Crippen LogP contribution in [0, 0.1) is 0 Å². The summed E-state index contributed by atoms with van der Waals surface area (Å²) in [7, 11) is 0. The SMILES string of the molecule is C=C/C=C(\SC)C(=O)CC(=O)c1ccc2c(c1)OCCO2. The third kappa shape index (κ3) is 3.76. The van der Waals surface area contributed by atoms with Crippen LogP contribution in [-0.4, -0.2) is 31.0 Å². The Hall–Kier alpha value is -2.01. The maximum atomic E-state index is 12.2. The highest BCUT2D eigenvalue weighted by atomic mass is 32.2. The molecule has 21 heavy (non-hydrogen) atoms. The molecule has 0 aromatic heterocycles. The van der Waals surface area contributed by atoms with Gasteiger partial charge in [0.15, 0.2) is 23.1 Å². The van der Waals surface area contributed by atoms with Gasteiger partial charge in [-0.1, -0.05) is 12.7 Å². The number of ketones is 2. The largest absolute Gasteiger partial charge is 0.486 e. The van der Waals surface area contributed by atoms with Gasteiger partial charge in [-0.15, -0.1) is 11.8 Å². The summed E-state index contributed by atoms with van der Waals surface area (Å²) in [6.45, 7) is 4.52. The predicted octanol–water partition coefficient (Wildman–Crippen LogP) is 3.03. The highest BCUT2D eigenvalue weighted by molar-refractivity contribution is 8.03. The first-order valence-electron chi connectivity index (χ1n) is 6.48. The van der Waals surface area contributed by atoms with E-state index in [2.05, 4.69) is 6.58 Å². The van der Waals surface area contributed by atoms with E-state index < -0.39 is 0 Å². The second kappa shape index (κ2) is 7.13. The van der Waals surface area contributed by atoms with Crippen LogP contribution in [-0.2, 0) is 4.79 Å². The van der Waals surface area contributed by atoms with Gasteiger partial charge in [0.05, 0.1) is 11.3 Å². The van der Waals surface area contributed by atoms with E-state index in [1.807, 2.05) is 0 Å². The average Bonchev–Trinajstić information content (AvgIpc) is 2.51. The molecule has 0 spiro atoms. The van der Waals surface area contributed by atoms with E-state index in [0.717, 1.165) is 0 Å². The minimum atomic E-state index is -0.235.